The molecule has 1 saturated heterocycles. The quantitative estimate of drug-likeness (QED) is 0.899. The van der Waals surface area contributed by atoms with Crippen molar-refractivity contribution in [2.45, 2.75) is 32.2 Å². The van der Waals surface area contributed by atoms with Gasteiger partial charge in [-0.1, -0.05) is 13.8 Å². The molecule has 3 rings (SSSR count). The number of nitrogens with one attached hydrogen (secondary N) is 1. The van der Waals surface area contributed by atoms with E-state index in [0.29, 0.717) is 11.6 Å². The average molecular weight is 274 g/mol. The molecule has 0 spiro atoms. The van der Waals surface area contributed by atoms with Gasteiger partial charge in [0.05, 0.1) is 11.4 Å². The van der Waals surface area contributed by atoms with Gasteiger partial charge in [-0.15, -0.1) is 10.2 Å². The summed E-state index contributed by atoms with van der Waals surface area (Å²) in [7, 11) is 1.82. The number of hydrogen-bond donors (Lipinski definition) is 1. The van der Waals surface area contributed by atoms with Gasteiger partial charge >= 0.3 is 0 Å². The largest absolute Gasteiger partial charge is 0.370 e. The first kappa shape index (κ1) is 12.8. The van der Waals surface area contributed by atoms with Crippen molar-refractivity contribution in [3.8, 4) is 0 Å². The first-order chi connectivity index (χ1) is 9.56. The Morgan fingerprint density at radius 2 is 2.25 bits per heavy atom. The SMILES string of the molecule is CC(C)c1cc(NC2CCN(C)C2=O)c2nncn2n1. The predicted octanol–water partition coefficient (Wildman–Crippen LogP) is 0.890. The topological polar surface area (TPSA) is 75.4 Å². The molecule has 1 amide bonds. The minimum Gasteiger partial charge on any atom is -0.370 e. The van der Waals surface area contributed by atoms with Crippen LogP contribution in [0.4, 0.5) is 5.69 Å². The summed E-state index contributed by atoms with van der Waals surface area (Å²) in [6.45, 7) is 4.94. The molecule has 0 aliphatic carbocycles. The van der Waals surface area contributed by atoms with E-state index < -0.39 is 0 Å². The summed E-state index contributed by atoms with van der Waals surface area (Å²) in [4.78, 5) is 13.7. The van der Waals surface area contributed by atoms with Crippen LogP contribution < -0.4 is 5.32 Å². The Labute approximate surface area is 117 Å². The molecule has 0 saturated carbocycles. The lowest BCUT2D eigenvalue weighted by molar-refractivity contribution is -0.127. The first-order valence-electron chi connectivity index (χ1n) is 6.78. The number of hydrogen-bond acceptors (Lipinski definition) is 5. The zero-order valence-corrected chi connectivity index (χ0v) is 11.9. The first-order valence-corrected chi connectivity index (χ1v) is 6.78. The molecule has 2 aromatic heterocycles. The van der Waals surface area contributed by atoms with Gasteiger partial charge < -0.3 is 10.2 Å². The number of anilines is 1. The Kier molecular flexibility index (Phi) is 3.04. The third-order valence-electron chi connectivity index (χ3n) is 3.64. The highest BCUT2D eigenvalue weighted by Crippen LogP contribution is 2.23. The molecular formula is C13H18N6O. The lowest BCUT2D eigenvalue weighted by atomic mass is 10.1. The van der Waals surface area contributed by atoms with Gasteiger partial charge in [-0.05, 0) is 18.4 Å². The molecule has 0 radical (unpaired) electrons. The Morgan fingerprint density at radius 1 is 1.45 bits per heavy atom. The van der Waals surface area contributed by atoms with Crippen LogP contribution in [0.3, 0.4) is 0 Å². The van der Waals surface area contributed by atoms with E-state index in [1.165, 1.54) is 0 Å². The summed E-state index contributed by atoms with van der Waals surface area (Å²) in [5.74, 6) is 0.412. The molecule has 1 aliphatic rings. The fourth-order valence-electron chi connectivity index (χ4n) is 2.38. The molecule has 1 aliphatic heterocycles. The Hall–Kier alpha value is -2.18. The molecule has 20 heavy (non-hydrogen) atoms. The number of likely N-dealkylation sites (N-methyl/N-ethyl adjacent to an activating group) is 1. The number of aromatic nitrogens is 4. The Balaban J connectivity index is 1.97. The molecule has 2 aromatic rings. The predicted molar refractivity (Wildman–Crippen MR) is 74.5 cm³/mol. The standard InChI is InChI=1S/C13H18N6O/c1-8(2)10-6-11(12-16-14-7-19(12)17-10)15-9-4-5-18(3)13(9)20/h6-9,15H,4-5H2,1-3H3. The molecule has 3 heterocycles. The highest BCUT2D eigenvalue weighted by atomic mass is 16.2. The van der Waals surface area contributed by atoms with Crippen LogP contribution in [-0.2, 0) is 4.79 Å². The number of rotatable bonds is 3. The number of likely N-dealkylation sites (tertiary alicyclic amines) is 1. The summed E-state index contributed by atoms with van der Waals surface area (Å²) in [5, 5.41) is 15.7. The summed E-state index contributed by atoms with van der Waals surface area (Å²) in [5.41, 5.74) is 2.41. The molecule has 1 unspecified atom stereocenters. The van der Waals surface area contributed by atoms with Crippen molar-refractivity contribution in [2.75, 3.05) is 18.9 Å². The summed E-state index contributed by atoms with van der Waals surface area (Å²) < 4.78 is 1.65. The Morgan fingerprint density at radius 3 is 2.90 bits per heavy atom. The van der Waals surface area contributed by atoms with Crippen LogP contribution in [0.5, 0.6) is 0 Å². The molecule has 1 atom stereocenters. The van der Waals surface area contributed by atoms with E-state index >= 15 is 0 Å². The lowest BCUT2D eigenvalue weighted by Crippen LogP contribution is -2.31. The van der Waals surface area contributed by atoms with Crippen LogP contribution in [0.25, 0.3) is 5.65 Å². The van der Waals surface area contributed by atoms with Crippen molar-refractivity contribution in [1.29, 1.82) is 0 Å². The highest BCUT2D eigenvalue weighted by Gasteiger charge is 2.29. The van der Waals surface area contributed by atoms with Crippen LogP contribution in [0.1, 0.15) is 31.9 Å². The van der Waals surface area contributed by atoms with Gasteiger partial charge in [0, 0.05) is 13.6 Å². The van der Waals surface area contributed by atoms with E-state index in [-0.39, 0.29) is 11.9 Å². The van der Waals surface area contributed by atoms with Gasteiger partial charge in [-0.25, -0.2) is 0 Å². The fourth-order valence-corrected chi connectivity index (χ4v) is 2.38. The summed E-state index contributed by atoms with van der Waals surface area (Å²) in [6.07, 6.45) is 2.38. The zero-order chi connectivity index (χ0) is 14.3. The number of fused-ring (bicyclic) bond motifs is 1. The third-order valence-corrected chi connectivity index (χ3v) is 3.64. The lowest BCUT2D eigenvalue weighted by Gasteiger charge is -2.15. The van der Waals surface area contributed by atoms with Crippen LogP contribution >= 0.6 is 0 Å². The number of nitrogens with zero attached hydrogens (tertiary/aromatic N) is 5. The van der Waals surface area contributed by atoms with E-state index in [1.54, 1.807) is 15.7 Å². The minimum absolute atomic E-state index is 0.116. The van der Waals surface area contributed by atoms with Crippen LogP contribution in [0.15, 0.2) is 12.4 Å². The van der Waals surface area contributed by atoms with Crippen molar-refractivity contribution in [2.24, 2.45) is 0 Å². The molecule has 0 aromatic carbocycles. The van der Waals surface area contributed by atoms with E-state index in [2.05, 4.69) is 34.5 Å². The fraction of sp³-hybridized carbons (Fsp3) is 0.538. The van der Waals surface area contributed by atoms with Gasteiger partial charge in [0.25, 0.3) is 0 Å². The van der Waals surface area contributed by atoms with E-state index in [9.17, 15) is 4.79 Å². The molecule has 1 fully saturated rings. The zero-order valence-electron chi connectivity index (χ0n) is 11.9. The van der Waals surface area contributed by atoms with E-state index in [4.69, 9.17) is 0 Å². The van der Waals surface area contributed by atoms with Crippen molar-refractivity contribution in [3.63, 3.8) is 0 Å². The van der Waals surface area contributed by atoms with E-state index in [1.807, 2.05) is 13.1 Å². The van der Waals surface area contributed by atoms with Crippen LogP contribution in [0, 0.1) is 0 Å². The summed E-state index contributed by atoms with van der Waals surface area (Å²) >= 11 is 0. The number of carbonyl (C=O) groups excluding carboxylic acids is 1. The number of carbonyl (C=O) groups is 1. The third kappa shape index (κ3) is 2.09. The monoisotopic (exact) mass is 274 g/mol. The maximum Gasteiger partial charge on any atom is 0.244 e. The normalized spacial score (nSPS) is 19.3. The molecular weight excluding hydrogens is 256 g/mol. The van der Waals surface area contributed by atoms with Crippen LogP contribution in [0.2, 0.25) is 0 Å². The molecule has 7 heteroatoms. The van der Waals surface area contributed by atoms with Gasteiger partial charge in [-0.3, -0.25) is 4.79 Å². The van der Waals surface area contributed by atoms with Gasteiger partial charge in [0.2, 0.25) is 11.6 Å². The van der Waals surface area contributed by atoms with Crippen molar-refractivity contribution in [1.82, 2.24) is 24.7 Å². The van der Waals surface area contributed by atoms with Crippen molar-refractivity contribution >= 4 is 17.2 Å². The maximum atomic E-state index is 12.0. The van der Waals surface area contributed by atoms with Crippen LogP contribution in [-0.4, -0.2) is 50.3 Å². The summed E-state index contributed by atoms with van der Waals surface area (Å²) in [6, 6.07) is 1.77. The van der Waals surface area contributed by atoms with Gasteiger partial charge in [-0.2, -0.15) is 9.61 Å². The van der Waals surface area contributed by atoms with Gasteiger partial charge in [0.1, 0.15) is 12.4 Å². The van der Waals surface area contributed by atoms with E-state index in [0.717, 1.165) is 24.3 Å². The average Bonchev–Trinajstić information content (AvgIpc) is 3.00. The molecule has 106 valence electrons. The van der Waals surface area contributed by atoms with Gasteiger partial charge in [0.15, 0.2) is 0 Å². The molecule has 0 bridgehead atoms. The maximum absolute atomic E-state index is 12.0. The molecule has 7 nitrogen and oxygen atoms in total. The smallest absolute Gasteiger partial charge is 0.244 e. The molecule has 1 N–H and O–H groups in total. The second-order valence-electron chi connectivity index (χ2n) is 5.48. The highest BCUT2D eigenvalue weighted by molar-refractivity contribution is 5.87. The second-order valence-corrected chi connectivity index (χ2v) is 5.48. The Bertz CT molecular complexity index is 649. The van der Waals surface area contributed by atoms with Crippen molar-refractivity contribution in [3.05, 3.63) is 18.1 Å². The van der Waals surface area contributed by atoms with Crippen molar-refractivity contribution < 1.29 is 4.79 Å². The number of amides is 1. The minimum atomic E-state index is -0.192. The second kappa shape index (κ2) is 4.73.